The molecule has 1 saturated heterocycles. The highest BCUT2D eigenvalue weighted by atomic mass is 35.5. The van der Waals surface area contributed by atoms with E-state index in [-0.39, 0.29) is 11.8 Å². The van der Waals surface area contributed by atoms with Crippen molar-refractivity contribution >= 4 is 34.2 Å². The minimum atomic E-state index is 0.00342. The lowest BCUT2D eigenvalue weighted by molar-refractivity contribution is -0.117. The van der Waals surface area contributed by atoms with Gasteiger partial charge in [0.15, 0.2) is 0 Å². The van der Waals surface area contributed by atoms with E-state index in [1.807, 2.05) is 59.5 Å². The van der Waals surface area contributed by atoms with Gasteiger partial charge in [0.2, 0.25) is 5.91 Å². The number of hydrogen-bond donors (Lipinski definition) is 0. The number of nitrogens with zero attached hydrogens (tertiary/aromatic N) is 3. The minimum absolute atomic E-state index is 0.00342. The van der Waals surface area contributed by atoms with Crippen LogP contribution in [0.1, 0.15) is 49.9 Å². The minimum Gasteiger partial charge on any atom is -0.492 e. The molecule has 6 heteroatoms. The van der Waals surface area contributed by atoms with Crippen LogP contribution in [0.15, 0.2) is 72.8 Å². The van der Waals surface area contributed by atoms with Crippen LogP contribution in [0.4, 0.5) is 5.69 Å². The van der Waals surface area contributed by atoms with Crippen LogP contribution >= 0.6 is 11.6 Å². The largest absolute Gasteiger partial charge is 0.492 e. The van der Waals surface area contributed by atoms with Crippen molar-refractivity contribution in [3.63, 3.8) is 0 Å². The van der Waals surface area contributed by atoms with Crippen LogP contribution in [-0.4, -0.2) is 28.6 Å². The van der Waals surface area contributed by atoms with Crippen LogP contribution in [0.2, 0.25) is 5.02 Å². The van der Waals surface area contributed by atoms with E-state index in [1.165, 1.54) is 5.56 Å². The smallest absolute Gasteiger partial charge is 0.227 e. The second-order valence-corrected chi connectivity index (χ2v) is 9.66. The van der Waals surface area contributed by atoms with Gasteiger partial charge in [0.1, 0.15) is 18.2 Å². The molecule has 2 heterocycles. The Bertz CT molecular complexity index is 1330. The molecule has 1 amide bonds. The van der Waals surface area contributed by atoms with Gasteiger partial charge in [-0.2, -0.15) is 0 Å². The molecule has 5 nitrogen and oxygen atoms in total. The lowest BCUT2D eigenvalue weighted by atomic mass is 9.99. The Kier molecular flexibility index (Phi) is 6.78. The van der Waals surface area contributed by atoms with E-state index in [1.54, 1.807) is 0 Å². The van der Waals surface area contributed by atoms with Gasteiger partial charge in [0.25, 0.3) is 0 Å². The molecule has 0 bridgehead atoms. The Balaban J connectivity index is 1.35. The van der Waals surface area contributed by atoms with Crippen molar-refractivity contribution in [2.45, 2.75) is 45.1 Å². The zero-order chi connectivity index (χ0) is 24.4. The number of aromatic nitrogens is 2. The first-order valence-corrected chi connectivity index (χ1v) is 12.6. The average Bonchev–Trinajstić information content (AvgIpc) is 3.44. The summed E-state index contributed by atoms with van der Waals surface area (Å²) < 4.78 is 8.31. The number of halogens is 1. The van der Waals surface area contributed by atoms with Crippen molar-refractivity contribution in [2.75, 3.05) is 18.1 Å². The lowest BCUT2D eigenvalue weighted by Crippen LogP contribution is -2.24. The van der Waals surface area contributed by atoms with Gasteiger partial charge in [-0.3, -0.25) is 4.79 Å². The van der Waals surface area contributed by atoms with Crippen molar-refractivity contribution < 1.29 is 9.53 Å². The maximum Gasteiger partial charge on any atom is 0.227 e. The van der Waals surface area contributed by atoms with Gasteiger partial charge < -0.3 is 14.2 Å². The van der Waals surface area contributed by atoms with Gasteiger partial charge in [-0.1, -0.05) is 55.8 Å². The van der Waals surface area contributed by atoms with E-state index < -0.39 is 0 Å². The van der Waals surface area contributed by atoms with E-state index in [0.29, 0.717) is 37.1 Å². The number of amides is 1. The Hall–Kier alpha value is -3.31. The third-order valence-corrected chi connectivity index (χ3v) is 7.17. The molecule has 0 unspecified atom stereocenters. The fraction of sp³-hybridized carbons (Fsp3) is 0.310. The lowest BCUT2D eigenvalue weighted by Gasteiger charge is -2.18. The standard InChI is InChI=1S/C29H30ClN3O2/c1-3-20(2)21-11-13-25(14-12-21)35-16-15-32-27-10-5-4-9-26(27)31-29(32)22-17-28(34)33(19-22)24-8-6-7-23(30)18-24/h4-14,18,20,22H,3,15-17,19H2,1-2H3/t20-,22+/m1/s1. The number of carbonyl (C=O) groups excluding carboxylic acids is 1. The number of para-hydroxylation sites is 2. The van der Waals surface area contributed by atoms with Crippen molar-refractivity contribution in [2.24, 2.45) is 0 Å². The molecule has 0 N–H and O–H groups in total. The summed E-state index contributed by atoms with van der Waals surface area (Å²) >= 11 is 6.17. The number of hydrogen-bond acceptors (Lipinski definition) is 3. The molecule has 0 saturated carbocycles. The Morgan fingerprint density at radius 2 is 1.89 bits per heavy atom. The van der Waals surface area contributed by atoms with Crippen molar-refractivity contribution in [1.29, 1.82) is 0 Å². The number of anilines is 1. The number of carbonyl (C=O) groups is 1. The van der Waals surface area contributed by atoms with Gasteiger partial charge >= 0.3 is 0 Å². The van der Waals surface area contributed by atoms with Gasteiger partial charge in [-0.15, -0.1) is 0 Å². The van der Waals surface area contributed by atoms with E-state index in [4.69, 9.17) is 21.3 Å². The van der Waals surface area contributed by atoms with Crippen LogP contribution in [-0.2, 0) is 11.3 Å². The van der Waals surface area contributed by atoms with Crippen LogP contribution < -0.4 is 9.64 Å². The molecular weight excluding hydrogens is 458 g/mol. The molecule has 5 rings (SSSR count). The summed E-state index contributed by atoms with van der Waals surface area (Å²) in [5.74, 6) is 2.44. The Morgan fingerprint density at radius 1 is 1.09 bits per heavy atom. The molecule has 1 aromatic heterocycles. The molecule has 1 fully saturated rings. The number of rotatable bonds is 8. The molecular formula is C29H30ClN3O2. The van der Waals surface area contributed by atoms with Crippen molar-refractivity contribution in [3.8, 4) is 5.75 Å². The summed E-state index contributed by atoms with van der Waals surface area (Å²) in [6.07, 6.45) is 1.54. The van der Waals surface area contributed by atoms with Crippen LogP contribution in [0.5, 0.6) is 5.75 Å². The third kappa shape index (κ3) is 4.92. The maximum atomic E-state index is 12.9. The fourth-order valence-corrected chi connectivity index (χ4v) is 4.98. The fourth-order valence-electron chi connectivity index (χ4n) is 4.80. The summed E-state index contributed by atoms with van der Waals surface area (Å²) in [6, 6.07) is 24.0. The highest BCUT2D eigenvalue weighted by Gasteiger charge is 2.34. The second-order valence-electron chi connectivity index (χ2n) is 9.22. The third-order valence-electron chi connectivity index (χ3n) is 6.94. The number of benzene rings is 3. The monoisotopic (exact) mass is 487 g/mol. The molecule has 1 aliphatic heterocycles. The molecule has 4 aromatic rings. The highest BCUT2D eigenvalue weighted by Crippen LogP contribution is 2.34. The number of imidazole rings is 1. The second kappa shape index (κ2) is 10.1. The zero-order valence-corrected chi connectivity index (χ0v) is 20.9. The quantitative estimate of drug-likeness (QED) is 0.274. The van der Waals surface area contributed by atoms with E-state index >= 15 is 0 Å². The molecule has 2 atom stereocenters. The molecule has 0 radical (unpaired) electrons. The zero-order valence-electron chi connectivity index (χ0n) is 20.2. The van der Waals surface area contributed by atoms with Gasteiger partial charge in [0.05, 0.1) is 17.6 Å². The predicted molar refractivity (Wildman–Crippen MR) is 142 cm³/mol. The molecule has 180 valence electrons. The van der Waals surface area contributed by atoms with Crippen LogP contribution in [0.25, 0.3) is 11.0 Å². The van der Waals surface area contributed by atoms with Crippen LogP contribution in [0.3, 0.4) is 0 Å². The van der Waals surface area contributed by atoms with Crippen molar-refractivity contribution in [1.82, 2.24) is 9.55 Å². The highest BCUT2D eigenvalue weighted by molar-refractivity contribution is 6.30. The first-order chi connectivity index (χ1) is 17.0. The SMILES string of the molecule is CC[C@@H](C)c1ccc(OCCn2c([C@H]3CC(=O)N(c4cccc(Cl)c4)C3)nc3ccccc32)cc1. The maximum absolute atomic E-state index is 12.9. The van der Waals surface area contributed by atoms with Gasteiger partial charge in [0, 0.05) is 29.6 Å². The van der Waals surface area contributed by atoms with Gasteiger partial charge in [-0.25, -0.2) is 4.98 Å². The van der Waals surface area contributed by atoms with Gasteiger partial charge in [-0.05, 0) is 60.4 Å². The Morgan fingerprint density at radius 3 is 2.66 bits per heavy atom. The summed E-state index contributed by atoms with van der Waals surface area (Å²) in [7, 11) is 0. The average molecular weight is 488 g/mol. The summed E-state index contributed by atoms with van der Waals surface area (Å²) in [5, 5.41) is 0.625. The van der Waals surface area contributed by atoms with E-state index in [2.05, 4.69) is 36.6 Å². The first-order valence-electron chi connectivity index (χ1n) is 12.3. The van der Waals surface area contributed by atoms with Crippen molar-refractivity contribution in [3.05, 3.63) is 89.2 Å². The number of ether oxygens (including phenoxy) is 1. The van der Waals surface area contributed by atoms with E-state index in [9.17, 15) is 4.79 Å². The summed E-state index contributed by atoms with van der Waals surface area (Å²) in [5.41, 5.74) is 4.16. The molecule has 1 aliphatic rings. The Labute approximate surface area is 211 Å². The summed E-state index contributed by atoms with van der Waals surface area (Å²) in [6.45, 7) is 6.21. The summed E-state index contributed by atoms with van der Waals surface area (Å²) in [4.78, 5) is 19.7. The molecule has 3 aromatic carbocycles. The molecule has 0 aliphatic carbocycles. The molecule has 0 spiro atoms. The van der Waals surface area contributed by atoms with E-state index in [0.717, 1.165) is 34.7 Å². The van der Waals surface area contributed by atoms with Crippen LogP contribution in [0, 0.1) is 0 Å². The molecule has 35 heavy (non-hydrogen) atoms. The number of fused-ring (bicyclic) bond motifs is 1. The first kappa shape index (κ1) is 23.4. The normalized spacial score (nSPS) is 16.7. The topological polar surface area (TPSA) is 47.4 Å². The predicted octanol–water partition coefficient (Wildman–Crippen LogP) is 6.80.